The van der Waals surface area contributed by atoms with Gasteiger partial charge in [-0.15, -0.1) is 0 Å². The van der Waals surface area contributed by atoms with Gasteiger partial charge in [0.1, 0.15) is 5.60 Å². The van der Waals surface area contributed by atoms with Crippen LogP contribution in [0.2, 0.25) is 0 Å². The Morgan fingerprint density at radius 3 is 2.32 bits per heavy atom. The van der Waals surface area contributed by atoms with Gasteiger partial charge in [0.2, 0.25) is 0 Å². The molecule has 4 heteroatoms. The summed E-state index contributed by atoms with van der Waals surface area (Å²) in [6.45, 7) is 6.01. The first-order chi connectivity index (χ1) is 8.90. The molecule has 0 aliphatic carbocycles. The zero-order valence-electron chi connectivity index (χ0n) is 12.4. The lowest BCUT2D eigenvalue weighted by Crippen LogP contribution is -2.55. The van der Waals surface area contributed by atoms with E-state index in [1.165, 1.54) is 6.42 Å². The van der Waals surface area contributed by atoms with Crippen LogP contribution in [0.25, 0.3) is 0 Å². The number of fused-ring (bicyclic) bond motifs is 2. The Balaban J connectivity index is 2.03. The van der Waals surface area contributed by atoms with Gasteiger partial charge in [0, 0.05) is 18.7 Å². The largest absolute Gasteiger partial charge is 0.444 e. The molecule has 4 nitrogen and oxygen atoms in total. The molecule has 0 radical (unpaired) electrons. The molecule has 0 saturated carbocycles. The van der Waals surface area contributed by atoms with E-state index in [1.54, 1.807) is 0 Å². The molecule has 110 valence electrons. The molecule has 2 heterocycles. The summed E-state index contributed by atoms with van der Waals surface area (Å²) in [5.74, 6) is 0.569. The van der Waals surface area contributed by atoms with Gasteiger partial charge < -0.3 is 14.7 Å². The number of rotatable bonds is 2. The van der Waals surface area contributed by atoms with Crippen molar-refractivity contribution in [2.75, 3.05) is 6.61 Å². The molecule has 0 aromatic rings. The highest BCUT2D eigenvalue weighted by molar-refractivity contribution is 5.69. The quantitative estimate of drug-likeness (QED) is 0.838. The third-order valence-electron chi connectivity index (χ3n) is 4.21. The van der Waals surface area contributed by atoms with Crippen molar-refractivity contribution in [2.45, 2.75) is 77.0 Å². The lowest BCUT2D eigenvalue weighted by molar-refractivity contribution is -0.0299. The highest BCUT2D eigenvalue weighted by Crippen LogP contribution is 2.38. The summed E-state index contributed by atoms with van der Waals surface area (Å²) in [7, 11) is 0. The van der Waals surface area contributed by atoms with Crippen LogP contribution in [0.3, 0.4) is 0 Å². The third-order valence-corrected chi connectivity index (χ3v) is 4.21. The normalized spacial score (nSPS) is 31.2. The Hall–Kier alpha value is -0.770. The van der Waals surface area contributed by atoms with Crippen LogP contribution in [0, 0.1) is 5.92 Å². The van der Waals surface area contributed by atoms with E-state index in [4.69, 9.17) is 9.84 Å². The Labute approximate surface area is 116 Å². The Kier molecular flexibility index (Phi) is 4.39. The summed E-state index contributed by atoms with van der Waals surface area (Å²) >= 11 is 0. The molecule has 2 fully saturated rings. The fraction of sp³-hybridized carbons (Fsp3) is 0.933. The van der Waals surface area contributed by atoms with Crippen LogP contribution < -0.4 is 0 Å². The third kappa shape index (κ3) is 3.62. The Bertz CT molecular complexity index is 310. The standard InChI is InChI=1S/C15H27NO3/c1-15(2,3)19-14(18)16-12-5-4-6-13(16)10-11(9-12)7-8-17/h11-13,17H,4-10H2,1-3H3. The van der Waals surface area contributed by atoms with Crippen LogP contribution in [-0.2, 0) is 4.74 Å². The van der Waals surface area contributed by atoms with Gasteiger partial charge in [-0.3, -0.25) is 0 Å². The number of amides is 1. The van der Waals surface area contributed by atoms with E-state index < -0.39 is 5.60 Å². The molecule has 2 aliphatic rings. The van der Waals surface area contributed by atoms with Crippen LogP contribution in [0.4, 0.5) is 4.79 Å². The second-order valence-electron chi connectivity index (χ2n) is 6.98. The number of nitrogens with zero attached hydrogens (tertiary/aromatic N) is 1. The summed E-state index contributed by atoms with van der Waals surface area (Å²) in [4.78, 5) is 14.3. The van der Waals surface area contributed by atoms with E-state index in [1.807, 2.05) is 25.7 Å². The van der Waals surface area contributed by atoms with Crippen molar-refractivity contribution in [3.8, 4) is 0 Å². The van der Waals surface area contributed by atoms with Crippen LogP contribution in [0.15, 0.2) is 0 Å². The smallest absolute Gasteiger partial charge is 0.410 e. The molecule has 2 atom stereocenters. The van der Waals surface area contributed by atoms with Gasteiger partial charge in [-0.05, 0) is 65.2 Å². The SMILES string of the molecule is CC(C)(C)OC(=O)N1C2CCCC1CC(CCO)C2. The second-order valence-corrected chi connectivity index (χ2v) is 6.98. The van der Waals surface area contributed by atoms with Crippen molar-refractivity contribution in [3.63, 3.8) is 0 Å². The molecule has 2 bridgehead atoms. The second kappa shape index (κ2) is 5.70. The molecule has 0 spiro atoms. The number of ether oxygens (including phenoxy) is 1. The number of hydrogen-bond donors (Lipinski definition) is 1. The molecule has 1 amide bonds. The van der Waals surface area contributed by atoms with E-state index in [2.05, 4.69) is 0 Å². The highest BCUT2D eigenvalue weighted by Gasteiger charge is 2.42. The maximum atomic E-state index is 12.3. The minimum absolute atomic E-state index is 0.148. The molecule has 2 aliphatic heterocycles. The van der Waals surface area contributed by atoms with Crippen LogP contribution in [0.5, 0.6) is 0 Å². The van der Waals surface area contributed by atoms with Crippen molar-refractivity contribution in [3.05, 3.63) is 0 Å². The number of aliphatic hydroxyl groups is 1. The Morgan fingerprint density at radius 1 is 1.26 bits per heavy atom. The van der Waals surface area contributed by atoms with Crippen LogP contribution >= 0.6 is 0 Å². The van der Waals surface area contributed by atoms with Crippen molar-refractivity contribution < 1.29 is 14.6 Å². The van der Waals surface area contributed by atoms with Crippen molar-refractivity contribution in [1.29, 1.82) is 0 Å². The average molecular weight is 269 g/mol. The number of carbonyl (C=O) groups excluding carboxylic acids is 1. The Morgan fingerprint density at radius 2 is 1.84 bits per heavy atom. The first-order valence-electron chi connectivity index (χ1n) is 7.53. The fourth-order valence-electron chi connectivity index (χ4n) is 3.53. The predicted octanol–water partition coefficient (Wildman–Crippen LogP) is 2.94. The topological polar surface area (TPSA) is 49.8 Å². The molecule has 2 saturated heterocycles. The van der Waals surface area contributed by atoms with Crippen LogP contribution in [-0.4, -0.2) is 40.4 Å². The molecular weight excluding hydrogens is 242 g/mol. The maximum absolute atomic E-state index is 12.3. The minimum atomic E-state index is -0.423. The summed E-state index contributed by atoms with van der Waals surface area (Å²) in [6.07, 6.45) is 6.14. The number of carbonyl (C=O) groups is 1. The number of aliphatic hydroxyl groups excluding tert-OH is 1. The van der Waals surface area contributed by atoms with E-state index in [0.29, 0.717) is 18.0 Å². The molecular formula is C15H27NO3. The number of piperidine rings is 2. The summed E-state index contributed by atoms with van der Waals surface area (Å²) in [6, 6.07) is 0.637. The zero-order valence-corrected chi connectivity index (χ0v) is 12.4. The summed E-state index contributed by atoms with van der Waals surface area (Å²) in [5, 5.41) is 9.10. The number of hydrogen-bond acceptors (Lipinski definition) is 3. The van der Waals surface area contributed by atoms with Crippen LogP contribution in [0.1, 0.15) is 59.3 Å². The van der Waals surface area contributed by atoms with E-state index in [0.717, 1.165) is 32.1 Å². The van der Waals surface area contributed by atoms with Crippen molar-refractivity contribution >= 4 is 6.09 Å². The molecule has 19 heavy (non-hydrogen) atoms. The molecule has 2 unspecified atom stereocenters. The van der Waals surface area contributed by atoms with E-state index in [9.17, 15) is 4.79 Å². The van der Waals surface area contributed by atoms with Gasteiger partial charge >= 0.3 is 6.09 Å². The lowest BCUT2D eigenvalue weighted by atomic mass is 9.77. The molecule has 1 N–H and O–H groups in total. The highest BCUT2D eigenvalue weighted by atomic mass is 16.6. The van der Waals surface area contributed by atoms with Gasteiger partial charge in [0.15, 0.2) is 0 Å². The maximum Gasteiger partial charge on any atom is 0.410 e. The first kappa shape index (κ1) is 14.6. The van der Waals surface area contributed by atoms with E-state index >= 15 is 0 Å². The van der Waals surface area contributed by atoms with Gasteiger partial charge in [0.25, 0.3) is 0 Å². The summed E-state index contributed by atoms with van der Waals surface area (Å²) in [5.41, 5.74) is -0.423. The first-order valence-corrected chi connectivity index (χ1v) is 7.53. The molecule has 0 aromatic heterocycles. The van der Waals surface area contributed by atoms with Crippen molar-refractivity contribution in [1.82, 2.24) is 4.90 Å². The predicted molar refractivity (Wildman–Crippen MR) is 73.9 cm³/mol. The van der Waals surface area contributed by atoms with Gasteiger partial charge in [-0.2, -0.15) is 0 Å². The van der Waals surface area contributed by atoms with Gasteiger partial charge in [-0.1, -0.05) is 0 Å². The fourth-order valence-corrected chi connectivity index (χ4v) is 3.53. The monoisotopic (exact) mass is 269 g/mol. The summed E-state index contributed by atoms with van der Waals surface area (Å²) < 4.78 is 5.55. The lowest BCUT2D eigenvalue weighted by Gasteiger charge is -2.48. The average Bonchev–Trinajstić information content (AvgIpc) is 2.25. The zero-order chi connectivity index (χ0) is 14.0. The van der Waals surface area contributed by atoms with Gasteiger partial charge in [-0.25, -0.2) is 4.79 Å². The minimum Gasteiger partial charge on any atom is -0.444 e. The van der Waals surface area contributed by atoms with Crippen molar-refractivity contribution in [2.24, 2.45) is 5.92 Å². The molecule has 2 rings (SSSR count). The van der Waals surface area contributed by atoms with Gasteiger partial charge in [0.05, 0.1) is 0 Å². The van der Waals surface area contributed by atoms with E-state index in [-0.39, 0.29) is 12.7 Å². The molecule has 0 aromatic carbocycles.